The van der Waals surface area contributed by atoms with E-state index < -0.39 is 5.97 Å². The number of hydrogen-bond donors (Lipinski definition) is 2. The van der Waals surface area contributed by atoms with Gasteiger partial charge < -0.3 is 24.5 Å². The van der Waals surface area contributed by atoms with Gasteiger partial charge in [-0.3, -0.25) is 4.79 Å². The fourth-order valence-corrected chi connectivity index (χ4v) is 5.51. The molecule has 7 nitrogen and oxygen atoms in total. The number of aryl methyl sites for hydroxylation is 1. The van der Waals surface area contributed by atoms with Crippen molar-refractivity contribution in [2.24, 2.45) is 5.41 Å². The first-order valence-corrected chi connectivity index (χ1v) is 12.4. The third-order valence-corrected chi connectivity index (χ3v) is 7.67. The van der Waals surface area contributed by atoms with Crippen molar-refractivity contribution in [2.45, 2.75) is 45.6 Å². The minimum Gasteiger partial charge on any atom is -0.478 e. The lowest BCUT2D eigenvalue weighted by Gasteiger charge is -2.44. The number of piperidine rings is 1. The Labute approximate surface area is 204 Å². The van der Waals surface area contributed by atoms with Crippen molar-refractivity contribution < 1.29 is 19.1 Å². The summed E-state index contributed by atoms with van der Waals surface area (Å²) >= 11 is 0. The maximum Gasteiger partial charge on any atom is 0.337 e. The Morgan fingerprint density at radius 2 is 1.80 bits per heavy atom. The van der Waals surface area contributed by atoms with Gasteiger partial charge in [0.05, 0.1) is 17.0 Å². The van der Waals surface area contributed by atoms with Crippen molar-refractivity contribution in [3.8, 4) is 0 Å². The van der Waals surface area contributed by atoms with E-state index >= 15 is 0 Å². The largest absolute Gasteiger partial charge is 0.478 e. The van der Waals surface area contributed by atoms with Crippen LogP contribution in [0.3, 0.4) is 0 Å². The molecule has 0 aliphatic carbocycles. The molecule has 2 aliphatic rings. The number of aromatic carboxylic acids is 1. The summed E-state index contributed by atoms with van der Waals surface area (Å²) in [5, 5.41) is 13.4. The Kier molecular flexibility index (Phi) is 6.28. The van der Waals surface area contributed by atoms with E-state index in [0.29, 0.717) is 28.0 Å². The zero-order valence-corrected chi connectivity index (χ0v) is 20.3. The number of carboxylic acids is 1. The molecule has 3 aromatic rings. The topological polar surface area (TPSA) is 92.0 Å². The van der Waals surface area contributed by atoms with Crippen molar-refractivity contribution in [1.29, 1.82) is 0 Å². The predicted octanol–water partition coefficient (Wildman–Crippen LogP) is 5.37. The van der Waals surface area contributed by atoms with E-state index in [1.165, 1.54) is 0 Å². The minimum atomic E-state index is -0.990. The van der Waals surface area contributed by atoms with Gasteiger partial charge in [-0.05, 0) is 68.7 Å². The molecule has 2 aromatic carbocycles. The molecule has 184 valence electrons. The summed E-state index contributed by atoms with van der Waals surface area (Å²) < 4.78 is 12.0. The first-order chi connectivity index (χ1) is 16.8. The van der Waals surface area contributed by atoms with Crippen LogP contribution in [0.5, 0.6) is 0 Å². The van der Waals surface area contributed by atoms with Crippen LogP contribution in [0.15, 0.2) is 51.7 Å². The zero-order chi connectivity index (χ0) is 24.6. The van der Waals surface area contributed by atoms with Gasteiger partial charge in [0.2, 0.25) is 0 Å². The molecule has 0 bridgehead atoms. The lowest BCUT2D eigenvalue weighted by atomic mass is 9.72. The Morgan fingerprint density at radius 1 is 1.09 bits per heavy atom. The van der Waals surface area contributed by atoms with Crippen LogP contribution in [0.2, 0.25) is 0 Å². The summed E-state index contributed by atoms with van der Waals surface area (Å²) in [5.41, 5.74) is 3.36. The summed E-state index contributed by atoms with van der Waals surface area (Å²) in [6.07, 6.45) is 4.35. The Morgan fingerprint density at radius 3 is 2.51 bits per heavy atom. The van der Waals surface area contributed by atoms with E-state index in [-0.39, 0.29) is 17.0 Å². The van der Waals surface area contributed by atoms with Gasteiger partial charge in [-0.2, -0.15) is 0 Å². The average Bonchev–Trinajstić information content (AvgIpc) is 2.85. The summed E-state index contributed by atoms with van der Waals surface area (Å²) in [6.45, 7) is 7.29. The van der Waals surface area contributed by atoms with E-state index in [0.717, 1.165) is 63.1 Å². The number of para-hydroxylation sites is 1. The van der Waals surface area contributed by atoms with Gasteiger partial charge in [0.15, 0.2) is 11.3 Å². The van der Waals surface area contributed by atoms with Gasteiger partial charge in [0.25, 0.3) is 0 Å². The number of carbonyl (C=O) groups is 1. The summed E-state index contributed by atoms with van der Waals surface area (Å²) in [5.74, 6) is -0.386. The number of benzene rings is 2. The normalized spacial score (nSPS) is 18.5. The number of fused-ring (bicyclic) bond motifs is 1. The molecular formula is C28H32N2O5. The number of ether oxygens (including phenoxy) is 1. The number of hydrogen-bond acceptors (Lipinski definition) is 6. The van der Waals surface area contributed by atoms with Gasteiger partial charge in [-0.15, -0.1) is 0 Å². The van der Waals surface area contributed by atoms with Crippen LogP contribution in [0, 0.1) is 12.3 Å². The zero-order valence-electron chi connectivity index (χ0n) is 20.3. The fourth-order valence-electron chi connectivity index (χ4n) is 5.51. The maximum atomic E-state index is 13.2. The Bertz CT molecular complexity index is 1300. The van der Waals surface area contributed by atoms with Crippen molar-refractivity contribution in [2.75, 3.05) is 36.5 Å². The van der Waals surface area contributed by atoms with Crippen molar-refractivity contribution >= 4 is 28.5 Å². The monoisotopic (exact) mass is 476 g/mol. The molecule has 3 heterocycles. The third-order valence-electron chi connectivity index (χ3n) is 7.67. The van der Waals surface area contributed by atoms with Crippen molar-refractivity contribution in [1.82, 2.24) is 0 Å². The van der Waals surface area contributed by atoms with Crippen LogP contribution >= 0.6 is 0 Å². The smallest absolute Gasteiger partial charge is 0.337 e. The highest BCUT2D eigenvalue weighted by Crippen LogP contribution is 2.42. The molecular weight excluding hydrogens is 444 g/mol. The fraction of sp³-hybridized carbons (Fsp3) is 0.429. The molecule has 0 amide bonds. The minimum absolute atomic E-state index is 0.0595. The molecule has 2 saturated heterocycles. The van der Waals surface area contributed by atoms with Crippen LogP contribution in [0.4, 0.5) is 11.6 Å². The predicted molar refractivity (Wildman–Crippen MR) is 137 cm³/mol. The van der Waals surface area contributed by atoms with Crippen molar-refractivity contribution in [3.05, 3.63) is 69.4 Å². The van der Waals surface area contributed by atoms with E-state index in [9.17, 15) is 14.7 Å². The quantitative estimate of drug-likeness (QED) is 0.511. The molecule has 0 radical (unpaired) electrons. The molecule has 35 heavy (non-hydrogen) atoms. The SMILES string of the molecule is Cc1cc(C(C)Nc2ccccc2C(=O)O)c2oc(N3CCC4(CCOCC4)CC3)cc(=O)c2c1. The molecule has 1 atom stereocenters. The maximum absolute atomic E-state index is 13.2. The molecule has 1 spiro atoms. The highest BCUT2D eigenvalue weighted by molar-refractivity contribution is 5.94. The van der Waals surface area contributed by atoms with Crippen LogP contribution in [0.25, 0.3) is 11.0 Å². The van der Waals surface area contributed by atoms with Crippen molar-refractivity contribution in [3.63, 3.8) is 0 Å². The van der Waals surface area contributed by atoms with Gasteiger partial charge in [0.1, 0.15) is 5.58 Å². The molecule has 5 rings (SSSR count). The Hall–Kier alpha value is -3.32. The van der Waals surface area contributed by atoms with Crippen LogP contribution in [-0.4, -0.2) is 37.4 Å². The van der Waals surface area contributed by atoms with E-state index in [1.807, 2.05) is 26.0 Å². The van der Waals surface area contributed by atoms with Crippen LogP contribution in [-0.2, 0) is 4.74 Å². The standard InChI is InChI=1S/C28H32N2O5/c1-18-15-21(19(2)29-23-6-4-3-5-20(23)27(32)33)26-22(16-18)24(31)17-25(35-26)30-11-7-28(8-12-30)9-13-34-14-10-28/h3-6,15-17,19,29H,7-14H2,1-2H3,(H,32,33). The second kappa shape index (κ2) is 9.38. The highest BCUT2D eigenvalue weighted by atomic mass is 16.5. The highest BCUT2D eigenvalue weighted by Gasteiger charge is 2.36. The summed E-state index contributed by atoms with van der Waals surface area (Å²) in [4.78, 5) is 27.0. The molecule has 1 unspecified atom stereocenters. The van der Waals surface area contributed by atoms with E-state index in [4.69, 9.17) is 9.15 Å². The molecule has 2 N–H and O–H groups in total. The number of nitrogens with one attached hydrogen (secondary N) is 1. The second-order valence-electron chi connectivity index (χ2n) is 10.00. The average molecular weight is 477 g/mol. The van der Waals surface area contributed by atoms with Gasteiger partial charge in [0, 0.05) is 43.6 Å². The first-order valence-electron chi connectivity index (χ1n) is 12.4. The lowest BCUT2D eigenvalue weighted by Crippen LogP contribution is -2.43. The molecule has 0 saturated carbocycles. The van der Waals surface area contributed by atoms with Crippen LogP contribution in [0.1, 0.15) is 60.1 Å². The number of anilines is 2. The number of nitrogens with zero attached hydrogens (tertiary/aromatic N) is 1. The lowest BCUT2D eigenvalue weighted by molar-refractivity contribution is 0.00181. The molecule has 7 heteroatoms. The number of rotatable bonds is 5. The Balaban J connectivity index is 1.47. The van der Waals surface area contributed by atoms with E-state index in [2.05, 4.69) is 10.2 Å². The first kappa shape index (κ1) is 23.4. The summed E-state index contributed by atoms with van der Waals surface area (Å²) in [7, 11) is 0. The van der Waals surface area contributed by atoms with Gasteiger partial charge in [-0.25, -0.2) is 4.79 Å². The molecule has 1 aromatic heterocycles. The summed E-state index contributed by atoms with van der Waals surface area (Å²) in [6, 6.07) is 12.0. The second-order valence-corrected chi connectivity index (χ2v) is 10.00. The van der Waals surface area contributed by atoms with Gasteiger partial charge >= 0.3 is 5.97 Å². The number of carboxylic acid groups (broad SMARTS) is 1. The molecule has 2 fully saturated rings. The third kappa shape index (κ3) is 4.65. The van der Waals surface area contributed by atoms with E-state index in [1.54, 1.807) is 30.3 Å². The molecule has 2 aliphatic heterocycles. The van der Waals surface area contributed by atoms with Gasteiger partial charge in [-0.1, -0.05) is 18.2 Å². The van der Waals surface area contributed by atoms with Crippen LogP contribution < -0.4 is 15.6 Å².